The van der Waals surface area contributed by atoms with E-state index in [4.69, 9.17) is 6.42 Å². The van der Waals surface area contributed by atoms with Gasteiger partial charge in [0.25, 0.3) is 0 Å². The molecule has 3 nitrogen and oxygen atoms in total. The number of hydrogen-bond acceptors (Lipinski definition) is 2. The van der Waals surface area contributed by atoms with E-state index >= 15 is 0 Å². The van der Waals surface area contributed by atoms with E-state index in [9.17, 15) is 14.3 Å². The highest BCUT2D eigenvalue weighted by molar-refractivity contribution is 6.04. The van der Waals surface area contributed by atoms with Crippen LogP contribution in [0.2, 0.25) is 0 Å². The number of rotatable bonds is 6. The fourth-order valence-electron chi connectivity index (χ4n) is 4.44. The molecular formula is C28H26FNO2. The molecule has 0 saturated carbocycles. The molecule has 2 aromatic rings. The van der Waals surface area contributed by atoms with Crippen molar-refractivity contribution in [3.63, 3.8) is 0 Å². The Kier molecular flexibility index (Phi) is 6.39. The molecule has 1 fully saturated rings. The van der Waals surface area contributed by atoms with Crippen molar-refractivity contribution in [2.75, 3.05) is 4.90 Å². The maximum atomic E-state index is 13.2. The monoisotopic (exact) mass is 427 g/mol. The summed E-state index contributed by atoms with van der Waals surface area (Å²) in [6.07, 6.45) is 17.0. The van der Waals surface area contributed by atoms with Crippen LogP contribution in [0.5, 0.6) is 0 Å². The van der Waals surface area contributed by atoms with Crippen LogP contribution in [0.3, 0.4) is 0 Å². The summed E-state index contributed by atoms with van der Waals surface area (Å²) in [7, 11) is 0. The first-order chi connectivity index (χ1) is 15.5. The molecule has 32 heavy (non-hydrogen) atoms. The van der Waals surface area contributed by atoms with Gasteiger partial charge < -0.3 is 10.0 Å². The van der Waals surface area contributed by atoms with Crippen molar-refractivity contribution in [3.05, 3.63) is 101 Å². The zero-order chi connectivity index (χ0) is 22.7. The Morgan fingerprint density at radius 1 is 1.22 bits per heavy atom. The van der Waals surface area contributed by atoms with E-state index in [0.29, 0.717) is 18.4 Å². The molecule has 1 unspecified atom stereocenters. The van der Waals surface area contributed by atoms with Crippen LogP contribution in [-0.2, 0) is 4.79 Å². The van der Waals surface area contributed by atoms with E-state index in [-0.39, 0.29) is 23.7 Å². The van der Waals surface area contributed by atoms with Crippen LogP contribution in [-0.4, -0.2) is 17.1 Å². The molecule has 1 heterocycles. The highest BCUT2D eigenvalue weighted by Crippen LogP contribution is 2.41. The molecular weight excluding hydrogens is 401 g/mol. The van der Waals surface area contributed by atoms with Gasteiger partial charge in [-0.2, -0.15) is 0 Å². The van der Waals surface area contributed by atoms with E-state index in [1.165, 1.54) is 12.1 Å². The van der Waals surface area contributed by atoms with E-state index in [1.807, 2.05) is 36.1 Å². The Morgan fingerprint density at radius 2 is 2.00 bits per heavy atom. The molecule has 1 saturated heterocycles. The zero-order valence-electron chi connectivity index (χ0n) is 18.0. The standard InChI is InChI=1S/C28H26FNO2/c1-3-20-12-15-24(18-19(20)2)30-27(22-8-6-4-5-7-9-22)25(28(30)32)16-17-26(31)21-10-13-23(29)14-11-21/h1,4,6-15,18,25-27,31H,5,16-17H2,2H3/t25-,26+,27?/m1/s1. The molecule has 0 bridgehead atoms. The lowest BCUT2D eigenvalue weighted by Crippen LogP contribution is -2.62. The topological polar surface area (TPSA) is 40.5 Å². The van der Waals surface area contributed by atoms with Gasteiger partial charge >= 0.3 is 0 Å². The number of β-lactam (4-membered cyclic amide) rings is 1. The number of aryl methyl sites for hydroxylation is 1. The van der Waals surface area contributed by atoms with Crippen molar-refractivity contribution in [3.8, 4) is 12.3 Å². The second-order valence-corrected chi connectivity index (χ2v) is 8.28. The Labute approximate surface area is 188 Å². The van der Waals surface area contributed by atoms with Gasteiger partial charge in [0.15, 0.2) is 0 Å². The van der Waals surface area contributed by atoms with E-state index in [1.54, 1.807) is 12.1 Å². The van der Waals surface area contributed by atoms with Gasteiger partial charge in [0.05, 0.1) is 18.1 Å². The largest absolute Gasteiger partial charge is 0.388 e. The SMILES string of the molecule is C#Cc1ccc(N2C(=O)[C@H](CC[C@H](O)c3ccc(F)cc3)C2C2=CC=CCC=C2)cc1C. The van der Waals surface area contributed by atoms with Gasteiger partial charge in [-0.15, -0.1) is 6.42 Å². The first-order valence-electron chi connectivity index (χ1n) is 10.9. The van der Waals surface area contributed by atoms with Crippen molar-refractivity contribution < 1.29 is 14.3 Å². The predicted molar refractivity (Wildman–Crippen MR) is 125 cm³/mol. The average molecular weight is 428 g/mol. The molecule has 1 aliphatic heterocycles. The highest BCUT2D eigenvalue weighted by atomic mass is 19.1. The molecule has 3 atom stereocenters. The Morgan fingerprint density at radius 3 is 2.72 bits per heavy atom. The fraction of sp³-hybridized carbons (Fsp3) is 0.250. The van der Waals surface area contributed by atoms with Gasteiger partial charge in [-0.1, -0.05) is 48.4 Å². The summed E-state index contributed by atoms with van der Waals surface area (Å²) < 4.78 is 13.2. The third-order valence-corrected chi connectivity index (χ3v) is 6.21. The minimum Gasteiger partial charge on any atom is -0.388 e. The molecule has 162 valence electrons. The second kappa shape index (κ2) is 9.38. The van der Waals surface area contributed by atoms with Gasteiger partial charge in [-0.05, 0) is 73.2 Å². The third kappa shape index (κ3) is 4.30. The number of carbonyl (C=O) groups is 1. The van der Waals surface area contributed by atoms with Crippen molar-refractivity contribution in [2.45, 2.75) is 38.3 Å². The minimum atomic E-state index is -0.742. The number of anilines is 1. The van der Waals surface area contributed by atoms with Gasteiger partial charge in [0, 0.05) is 11.3 Å². The lowest BCUT2D eigenvalue weighted by molar-refractivity contribution is -0.129. The number of terminal acetylenes is 1. The number of benzene rings is 2. The minimum absolute atomic E-state index is 0.0386. The molecule has 0 aromatic heterocycles. The highest BCUT2D eigenvalue weighted by Gasteiger charge is 2.48. The lowest BCUT2D eigenvalue weighted by atomic mass is 9.77. The first-order valence-corrected chi connectivity index (χ1v) is 10.9. The van der Waals surface area contributed by atoms with E-state index in [0.717, 1.165) is 28.8 Å². The summed E-state index contributed by atoms with van der Waals surface area (Å²) in [6, 6.07) is 11.5. The van der Waals surface area contributed by atoms with Crippen molar-refractivity contribution in [2.24, 2.45) is 5.92 Å². The van der Waals surface area contributed by atoms with Crippen molar-refractivity contribution in [1.29, 1.82) is 0 Å². The van der Waals surface area contributed by atoms with Crippen LogP contribution in [0.15, 0.2) is 78.4 Å². The fourth-order valence-corrected chi connectivity index (χ4v) is 4.44. The molecule has 4 rings (SSSR count). The second-order valence-electron chi connectivity index (χ2n) is 8.28. The third-order valence-electron chi connectivity index (χ3n) is 6.21. The van der Waals surface area contributed by atoms with E-state index in [2.05, 4.69) is 30.2 Å². The van der Waals surface area contributed by atoms with Gasteiger partial charge in [0.1, 0.15) is 5.82 Å². The summed E-state index contributed by atoms with van der Waals surface area (Å²) in [6.45, 7) is 1.95. The molecule has 0 spiro atoms. The summed E-state index contributed by atoms with van der Waals surface area (Å²) in [5.41, 5.74) is 4.32. The quantitative estimate of drug-likeness (QED) is 0.495. The van der Waals surface area contributed by atoms with Crippen molar-refractivity contribution in [1.82, 2.24) is 0 Å². The summed E-state index contributed by atoms with van der Waals surface area (Å²) in [5, 5.41) is 10.6. The number of halogens is 1. The van der Waals surface area contributed by atoms with Crippen LogP contribution >= 0.6 is 0 Å². The number of amides is 1. The predicted octanol–water partition coefficient (Wildman–Crippen LogP) is 5.40. The summed E-state index contributed by atoms with van der Waals surface area (Å²) in [5.74, 6) is 2.13. The van der Waals surface area contributed by atoms with Gasteiger partial charge in [-0.3, -0.25) is 4.79 Å². The number of hydrogen-bond donors (Lipinski definition) is 1. The molecule has 1 amide bonds. The number of allylic oxidation sites excluding steroid dienone is 4. The zero-order valence-corrected chi connectivity index (χ0v) is 18.0. The van der Waals surface area contributed by atoms with Crippen molar-refractivity contribution >= 4 is 11.6 Å². The molecule has 1 N–H and O–H groups in total. The molecule has 0 radical (unpaired) electrons. The smallest absolute Gasteiger partial charge is 0.233 e. The molecule has 1 aliphatic carbocycles. The number of aliphatic hydroxyl groups excluding tert-OH is 1. The Hall–Kier alpha value is -3.42. The molecule has 2 aromatic carbocycles. The lowest BCUT2D eigenvalue weighted by Gasteiger charge is -2.48. The number of aliphatic hydroxyl groups is 1. The normalized spacial score (nSPS) is 20.9. The van der Waals surface area contributed by atoms with Crippen LogP contribution in [0, 0.1) is 31.0 Å². The van der Waals surface area contributed by atoms with Crippen LogP contribution in [0.1, 0.15) is 42.1 Å². The van der Waals surface area contributed by atoms with E-state index < -0.39 is 6.10 Å². The maximum Gasteiger partial charge on any atom is 0.233 e. The first kappa shape index (κ1) is 21.8. The van der Waals surface area contributed by atoms with Crippen LogP contribution in [0.25, 0.3) is 0 Å². The maximum absolute atomic E-state index is 13.2. The Balaban J connectivity index is 1.57. The summed E-state index contributed by atoms with van der Waals surface area (Å²) >= 11 is 0. The van der Waals surface area contributed by atoms with Crippen LogP contribution < -0.4 is 4.90 Å². The number of nitrogens with zero attached hydrogens (tertiary/aromatic N) is 1. The Bertz CT molecular complexity index is 1140. The molecule has 2 aliphatic rings. The number of carbonyl (C=O) groups excluding carboxylic acids is 1. The average Bonchev–Trinajstić information content (AvgIpc) is 3.07. The summed E-state index contributed by atoms with van der Waals surface area (Å²) in [4.78, 5) is 15.1. The van der Waals surface area contributed by atoms with Gasteiger partial charge in [-0.25, -0.2) is 4.39 Å². The van der Waals surface area contributed by atoms with Gasteiger partial charge in [0.2, 0.25) is 5.91 Å². The van der Waals surface area contributed by atoms with Crippen LogP contribution in [0.4, 0.5) is 10.1 Å². The molecule has 4 heteroatoms.